The third kappa shape index (κ3) is 10.4. The molecule has 0 radical (unpaired) electrons. The molecule has 1 atom stereocenters. The molecule has 256 valence electrons. The van der Waals surface area contributed by atoms with Crippen LogP contribution in [0.25, 0.3) is 22.6 Å². The third-order valence-corrected chi connectivity index (χ3v) is 6.69. The maximum Gasteiger partial charge on any atom is 0.408 e. The van der Waals surface area contributed by atoms with Crippen molar-refractivity contribution in [3.8, 4) is 17.1 Å². The van der Waals surface area contributed by atoms with E-state index < -0.39 is 41.0 Å². The van der Waals surface area contributed by atoms with Crippen LogP contribution in [0.3, 0.4) is 0 Å². The van der Waals surface area contributed by atoms with E-state index in [0.29, 0.717) is 48.7 Å². The van der Waals surface area contributed by atoms with Crippen LogP contribution in [0.2, 0.25) is 0 Å². The Balaban J connectivity index is 1.53. The molecule has 2 heterocycles. The van der Waals surface area contributed by atoms with E-state index in [9.17, 15) is 28.8 Å². The van der Waals surface area contributed by atoms with E-state index in [-0.39, 0.29) is 43.7 Å². The second kappa shape index (κ2) is 16.4. The molecule has 0 unspecified atom stereocenters. The summed E-state index contributed by atoms with van der Waals surface area (Å²) in [6.07, 6.45) is 0.380. The SMILES string of the molecule is CCCn1c(=O)c2[nH]c(-c3ccc(OCC(=O)NCCNC(=O)[C@H](CCC(N)=O)NC(=O)OC(C)(C)C)cc3)nc2n(CCC)c1=O. The fourth-order valence-electron chi connectivity index (χ4n) is 4.57. The zero-order chi connectivity index (χ0) is 34.7. The lowest BCUT2D eigenvalue weighted by Crippen LogP contribution is -2.49. The van der Waals surface area contributed by atoms with E-state index in [2.05, 4.69) is 25.9 Å². The van der Waals surface area contributed by atoms with Gasteiger partial charge in [0.05, 0.1) is 0 Å². The molecule has 6 N–H and O–H groups in total. The Kier molecular flexibility index (Phi) is 12.7. The molecule has 0 aliphatic rings. The summed E-state index contributed by atoms with van der Waals surface area (Å²) >= 11 is 0. The van der Waals surface area contributed by atoms with Gasteiger partial charge in [0.2, 0.25) is 11.8 Å². The number of aromatic nitrogens is 4. The van der Waals surface area contributed by atoms with Crippen molar-refractivity contribution in [3.05, 3.63) is 45.1 Å². The number of fused-ring (bicyclic) bond motifs is 1. The maximum atomic E-state index is 13.0. The number of ether oxygens (including phenoxy) is 2. The van der Waals surface area contributed by atoms with Crippen molar-refractivity contribution in [1.29, 1.82) is 0 Å². The Morgan fingerprint density at radius 2 is 1.62 bits per heavy atom. The molecule has 3 aromatic rings. The average Bonchev–Trinajstić information content (AvgIpc) is 3.45. The van der Waals surface area contributed by atoms with Crippen LogP contribution in [0.5, 0.6) is 5.75 Å². The maximum absolute atomic E-state index is 13.0. The Hall–Kier alpha value is -5.15. The van der Waals surface area contributed by atoms with E-state index >= 15 is 0 Å². The molecule has 0 bridgehead atoms. The highest BCUT2D eigenvalue weighted by Crippen LogP contribution is 2.22. The summed E-state index contributed by atoms with van der Waals surface area (Å²) in [5.41, 5.74) is 4.83. The molecular formula is C31H44N8O8. The molecule has 0 aliphatic heterocycles. The van der Waals surface area contributed by atoms with Gasteiger partial charge in [0, 0.05) is 38.2 Å². The van der Waals surface area contributed by atoms with E-state index in [4.69, 9.17) is 15.2 Å². The number of rotatable bonds is 16. The highest BCUT2D eigenvalue weighted by molar-refractivity contribution is 5.86. The van der Waals surface area contributed by atoms with Crippen molar-refractivity contribution in [1.82, 2.24) is 35.1 Å². The van der Waals surface area contributed by atoms with Gasteiger partial charge in [0.25, 0.3) is 11.5 Å². The van der Waals surface area contributed by atoms with Crippen LogP contribution in [-0.4, -0.2) is 74.3 Å². The van der Waals surface area contributed by atoms with E-state index in [0.717, 1.165) is 0 Å². The number of primary amides is 1. The fourth-order valence-corrected chi connectivity index (χ4v) is 4.57. The molecule has 0 saturated heterocycles. The number of aromatic amines is 1. The molecule has 16 nitrogen and oxygen atoms in total. The first-order valence-corrected chi connectivity index (χ1v) is 15.5. The predicted molar refractivity (Wildman–Crippen MR) is 174 cm³/mol. The summed E-state index contributed by atoms with van der Waals surface area (Å²) in [5, 5.41) is 7.65. The first kappa shape index (κ1) is 36.3. The standard InChI is InChI=1S/C31H44N8O8/c1-6-16-38-26-24(28(43)39(17-7-2)30(38)45)36-25(37-26)19-8-10-20(11-9-19)46-18-23(41)33-14-15-34-27(42)21(12-13-22(32)40)35-29(44)47-31(3,4)5/h8-11,21H,6-7,12-18H2,1-5H3,(H2,32,40)(H,33,41)(H,34,42)(H,35,44)(H,36,37)/t21-/m0/s1. The molecule has 1 aromatic carbocycles. The lowest BCUT2D eigenvalue weighted by atomic mass is 10.1. The smallest absolute Gasteiger partial charge is 0.408 e. The van der Waals surface area contributed by atoms with E-state index in [1.807, 2.05) is 13.8 Å². The lowest BCUT2D eigenvalue weighted by molar-refractivity contribution is -0.125. The number of nitrogens with two attached hydrogens (primary N) is 1. The number of amides is 4. The van der Waals surface area contributed by atoms with Crippen molar-refractivity contribution in [3.63, 3.8) is 0 Å². The van der Waals surface area contributed by atoms with Gasteiger partial charge in [-0.15, -0.1) is 0 Å². The van der Waals surface area contributed by atoms with Gasteiger partial charge in [0.15, 0.2) is 12.3 Å². The second-order valence-corrected chi connectivity index (χ2v) is 11.8. The zero-order valence-corrected chi connectivity index (χ0v) is 27.4. The number of nitrogens with zero attached hydrogens (tertiary/aromatic N) is 3. The fraction of sp³-hybridized carbons (Fsp3) is 0.516. The van der Waals surface area contributed by atoms with Gasteiger partial charge in [-0.05, 0) is 64.3 Å². The van der Waals surface area contributed by atoms with Crippen LogP contribution >= 0.6 is 0 Å². The number of alkyl carbamates (subject to hydrolysis) is 1. The van der Waals surface area contributed by atoms with Gasteiger partial charge in [-0.25, -0.2) is 14.6 Å². The van der Waals surface area contributed by atoms with Crippen LogP contribution in [-0.2, 0) is 32.2 Å². The summed E-state index contributed by atoms with van der Waals surface area (Å²) in [6, 6.07) is 5.67. The monoisotopic (exact) mass is 656 g/mol. The van der Waals surface area contributed by atoms with Crippen LogP contribution in [0.1, 0.15) is 60.3 Å². The lowest BCUT2D eigenvalue weighted by Gasteiger charge is -2.23. The Morgan fingerprint density at radius 3 is 2.23 bits per heavy atom. The highest BCUT2D eigenvalue weighted by Gasteiger charge is 2.24. The number of benzene rings is 1. The number of hydrogen-bond donors (Lipinski definition) is 5. The number of carbonyl (C=O) groups excluding carboxylic acids is 4. The van der Waals surface area contributed by atoms with Gasteiger partial charge in [-0.3, -0.25) is 28.3 Å². The average molecular weight is 657 g/mol. The molecule has 0 saturated carbocycles. The second-order valence-electron chi connectivity index (χ2n) is 11.8. The molecule has 2 aromatic heterocycles. The third-order valence-electron chi connectivity index (χ3n) is 6.69. The van der Waals surface area contributed by atoms with Gasteiger partial charge in [-0.1, -0.05) is 13.8 Å². The number of aryl methyl sites for hydroxylation is 1. The first-order chi connectivity index (χ1) is 22.2. The van der Waals surface area contributed by atoms with Gasteiger partial charge < -0.3 is 36.1 Å². The molecule has 0 spiro atoms. The molecule has 47 heavy (non-hydrogen) atoms. The minimum absolute atomic E-state index is 0.0195. The molecule has 0 aliphatic carbocycles. The van der Waals surface area contributed by atoms with Crippen molar-refractivity contribution >= 4 is 35.0 Å². The Morgan fingerprint density at radius 1 is 0.979 bits per heavy atom. The number of imidazole rings is 1. The quantitative estimate of drug-likeness (QED) is 0.139. The largest absolute Gasteiger partial charge is 0.484 e. The summed E-state index contributed by atoms with van der Waals surface area (Å²) < 4.78 is 13.5. The summed E-state index contributed by atoms with van der Waals surface area (Å²) in [7, 11) is 0. The Labute approximate surface area is 271 Å². The molecule has 0 fully saturated rings. The first-order valence-electron chi connectivity index (χ1n) is 15.5. The minimum Gasteiger partial charge on any atom is -0.484 e. The minimum atomic E-state index is -1.06. The van der Waals surface area contributed by atoms with E-state index in [1.165, 1.54) is 9.13 Å². The highest BCUT2D eigenvalue weighted by atomic mass is 16.6. The van der Waals surface area contributed by atoms with Gasteiger partial charge >= 0.3 is 11.8 Å². The normalized spacial score (nSPS) is 11.9. The number of hydrogen-bond acceptors (Lipinski definition) is 9. The van der Waals surface area contributed by atoms with E-state index in [1.54, 1.807) is 45.0 Å². The summed E-state index contributed by atoms with van der Waals surface area (Å²) in [6.45, 7) is 9.44. The van der Waals surface area contributed by atoms with Crippen molar-refractivity contribution in [2.75, 3.05) is 19.7 Å². The predicted octanol–water partition coefficient (Wildman–Crippen LogP) is 1.14. The summed E-state index contributed by atoms with van der Waals surface area (Å²) in [4.78, 5) is 81.8. The van der Waals surface area contributed by atoms with Crippen molar-refractivity contribution < 1.29 is 28.7 Å². The van der Waals surface area contributed by atoms with Crippen molar-refractivity contribution in [2.24, 2.45) is 5.73 Å². The topological polar surface area (TPSA) is 222 Å². The molecule has 16 heteroatoms. The molecule has 3 rings (SSSR count). The number of carbonyl (C=O) groups is 4. The number of nitrogens with one attached hydrogen (secondary N) is 4. The molecular weight excluding hydrogens is 612 g/mol. The van der Waals surface area contributed by atoms with Crippen LogP contribution in [0.15, 0.2) is 33.9 Å². The van der Waals surface area contributed by atoms with Crippen LogP contribution in [0.4, 0.5) is 4.79 Å². The number of H-pyrrole nitrogens is 1. The van der Waals surface area contributed by atoms with Crippen molar-refractivity contribution in [2.45, 2.75) is 85.0 Å². The Bertz CT molecular complexity index is 1680. The molecule has 4 amide bonds. The van der Waals surface area contributed by atoms with Gasteiger partial charge in [0.1, 0.15) is 28.7 Å². The zero-order valence-electron chi connectivity index (χ0n) is 27.4. The van der Waals surface area contributed by atoms with Crippen LogP contribution in [0, 0.1) is 0 Å². The van der Waals surface area contributed by atoms with Crippen LogP contribution < -0.4 is 37.7 Å². The van der Waals surface area contributed by atoms with Gasteiger partial charge in [-0.2, -0.15) is 0 Å². The summed E-state index contributed by atoms with van der Waals surface area (Å²) in [5.74, 6) is -0.795.